The normalized spacial score (nSPS) is 11.6. The number of likely N-dealkylation sites (N-methyl/N-ethyl adjacent to an activating group) is 1. The van der Waals surface area contributed by atoms with Gasteiger partial charge >= 0.3 is 0 Å². The van der Waals surface area contributed by atoms with E-state index in [0.29, 0.717) is 6.54 Å². The molecule has 0 bridgehead atoms. The molecule has 0 aliphatic heterocycles. The Balaban J connectivity index is 2.95. The van der Waals surface area contributed by atoms with E-state index in [-0.39, 0.29) is 16.6 Å². The summed E-state index contributed by atoms with van der Waals surface area (Å²) in [6, 6.07) is 0.258. The first kappa shape index (κ1) is 15.8. The van der Waals surface area contributed by atoms with Gasteiger partial charge in [0.15, 0.2) is 0 Å². The maximum absolute atomic E-state index is 12.0. The van der Waals surface area contributed by atoms with Crippen molar-refractivity contribution in [1.29, 1.82) is 0 Å². The summed E-state index contributed by atoms with van der Waals surface area (Å²) in [4.78, 5) is 37.1. The second-order valence-electron chi connectivity index (χ2n) is 3.87. The second kappa shape index (κ2) is 6.80. The average Bonchev–Trinajstić information content (AvgIpc) is 2.38. The highest BCUT2D eigenvalue weighted by Gasteiger charge is 2.24. The van der Waals surface area contributed by atoms with Crippen molar-refractivity contribution in [3.63, 3.8) is 0 Å². The molecule has 8 nitrogen and oxygen atoms in total. The van der Waals surface area contributed by atoms with Crippen LogP contribution in [0, 0.1) is 10.1 Å². The van der Waals surface area contributed by atoms with Crippen LogP contribution in [-0.2, 0) is 4.79 Å². The standard InChI is InChI=1S/C11H13ClN4O4/c1-3-13-10(17)6(2)15-11(18)7-4-9(12)14-5-8(7)16(19)20/h4-6H,3H2,1-2H3,(H,13,17)(H,15,18). The molecule has 1 heterocycles. The molecule has 0 aromatic carbocycles. The minimum Gasteiger partial charge on any atom is -0.355 e. The number of carbonyl (C=O) groups is 2. The quantitative estimate of drug-likeness (QED) is 0.476. The van der Waals surface area contributed by atoms with Gasteiger partial charge in [-0.3, -0.25) is 19.7 Å². The first-order chi connectivity index (χ1) is 9.36. The lowest BCUT2D eigenvalue weighted by Crippen LogP contribution is -2.44. The van der Waals surface area contributed by atoms with Crippen LogP contribution in [0.15, 0.2) is 12.3 Å². The summed E-state index contributed by atoms with van der Waals surface area (Å²) in [5.74, 6) is -1.15. The zero-order valence-electron chi connectivity index (χ0n) is 10.8. The fourth-order valence-corrected chi connectivity index (χ4v) is 1.58. The van der Waals surface area contributed by atoms with E-state index in [9.17, 15) is 19.7 Å². The van der Waals surface area contributed by atoms with E-state index in [2.05, 4.69) is 15.6 Å². The highest BCUT2D eigenvalue weighted by Crippen LogP contribution is 2.20. The van der Waals surface area contributed by atoms with Crippen molar-refractivity contribution in [2.75, 3.05) is 6.54 Å². The predicted molar refractivity (Wildman–Crippen MR) is 71.5 cm³/mol. The van der Waals surface area contributed by atoms with E-state index in [1.165, 1.54) is 6.92 Å². The van der Waals surface area contributed by atoms with Crippen LogP contribution >= 0.6 is 11.6 Å². The molecule has 0 fully saturated rings. The van der Waals surface area contributed by atoms with Crippen molar-refractivity contribution in [2.24, 2.45) is 0 Å². The van der Waals surface area contributed by atoms with Crippen LogP contribution in [0.5, 0.6) is 0 Å². The molecule has 0 spiro atoms. The number of amides is 2. The molecule has 108 valence electrons. The first-order valence-corrected chi connectivity index (χ1v) is 6.13. The Morgan fingerprint density at radius 2 is 2.20 bits per heavy atom. The summed E-state index contributed by atoms with van der Waals surface area (Å²) in [5.41, 5.74) is -0.721. The Morgan fingerprint density at radius 3 is 2.75 bits per heavy atom. The van der Waals surface area contributed by atoms with Gasteiger partial charge in [-0.15, -0.1) is 0 Å². The first-order valence-electron chi connectivity index (χ1n) is 5.75. The van der Waals surface area contributed by atoms with Gasteiger partial charge in [0.25, 0.3) is 11.6 Å². The zero-order chi connectivity index (χ0) is 15.3. The lowest BCUT2D eigenvalue weighted by Gasteiger charge is -2.13. The Hall–Kier alpha value is -2.22. The fourth-order valence-electron chi connectivity index (χ4n) is 1.42. The van der Waals surface area contributed by atoms with Gasteiger partial charge in [0, 0.05) is 6.54 Å². The number of nitrogens with one attached hydrogen (secondary N) is 2. The molecule has 1 aromatic rings. The van der Waals surface area contributed by atoms with E-state index < -0.39 is 22.6 Å². The summed E-state index contributed by atoms with van der Waals surface area (Å²) in [6.45, 7) is 3.62. The van der Waals surface area contributed by atoms with Crippen LogP contribution in [0.1, 0.15) is 24.2 Å². The van der Waals surface area contributed by atoms with Crippen molar-refractivity contribution in [3.8, 4) is 0 Å². The van der Waals surface area contributed by atoms with Crippen molar-refractivity contribution in [3.05, 3.63) is 33.1 Å². The molecular weight excluding hydrogens is 288 g/mol. The van der Waals surface area contributed by atoms with E-state index in [0.717, 1.165) is 12.3 Å². The average molecular weight is 301 g/mol. The SMILES string of the molecule is CCNC(=O)C(C)NC(=O)c1cc(Cl)ncc1[N+](=O)[O-]. The van der Waals surface area contributed by atoms with Crippen molar-refractivity contribution in [1.82, 2.24) is 15.6 Å². The molecule has 0 radical (unpaired) electrons. The smallest absolute Gasteiger partial charge is 0.300 e. The van der Waals surface area contributed by atoms with Gasteiger partial charge in [-0.05, 0) is 19.9 Å². The monoisotopic (exact) mass is 300 g/mol. The molecule has 0 aliphatic carbocycles. The molecule has 20 heavy (non-hydrogen) atoms. The number of hydrogen-bond acceptors (Lipinski definition) is 5. The molecular formula is C11H13ClN4O4. The van der Waals surface area contributed by atoms with Crippen LogP contribution < -0.4 is 10.6 Å². The highest BCUT2D eigenvalue weighted by molar-refractivity contribution is 6.29. The fraction of sp³-hybridized carbons (Fsp3) is 0.364. The van der Waals surface area contributed by atoms with E-state index in [1.54, 1.807) is 6.92 Å². The van der Waals surface area contributed by atoms with E-state index in [4.69, 9.17) is 11.6 Å². The number of rotatable bonds is 5. The molecule has 2 N–H and O–H groups in total. The van der Waals surface area contributed by atoms with Crippen LogP contribution in [0.4, 0.5) is 5.69 Å². The third kappa shape index (κ3) is 3.89. The van der Waals surface area contributed by atoms with Crippen molar-refractivity contribution in [2.45, 2.75) is 19.9 Å². The van der Waals surface area contributed by atoms with Crippen molar-refractivity contribution >= 4 is 29.1 Å². The maximum atomic E-state index is 12.0. The van der Waals surface area contributed by atoms with Gasteiger partial charge in [-0.2, -0.15) is 0 Å². The Labute approximate surface area is 119 Å². The maximum Gasteiger partial charge on any atom is 0.300 e. The van der Waals surface area contributed by atoms with E-state index in [1.807, 2.05) is 0 Å². The lowest BCUT2D eigenvalue weighted by molar-refractivity contribution is -0.385. The molecule has 1 aromatic heterocycles. The molecule has 1 atom stereocenters. The molecule has 1 unspecified atom stereocenters. The highest BCUT2D eigenvalue weighted by atomic mass is 35.5. The van der Waals surface area contributed by atoms with Crippen LogP contribution in [0.3, 0.4) is 0 Å². The van der Waals surface area contributed by atoms with Crippen LogP contribution in [0.2, 0.25) is 5.15 Å². The predicted octanol–water partition coefficient (Wildman–Crippen LogP) is 0.898. The second-order valence-corrected chi connectivity index (χ2v) is 4.26. The molecule has 0 aliphatic rings. The van der Waals surface area contributed by atoms with Gasteiger partial charge in [0.1, 0.15) is 23.0 Å². The Bertz CT molecular complexity index is 549. The molecule has 9 heteroatoms. The number of hydrogen-bond donors (Lipinski definition) is 2. The molecule has 2 amide bonds. The number of nitrogens with zero attached hydrogens (tertiary/aromatic N) is 2. The minimum absolute atomic E-state index is 0.0496. The summed E-state index contributed by atoms with van der Waals surface area (Å²) in [6.07, 6.45) is 0.897. The zero-order valence-corrected chi connectivity index (χ0v) is 11.6. The molecule has 0 saturated heterocycles. The van der Waals surface area contributed by atoms with Crippen LogP contribution in [0.25, 0.3) is 0 Å². The van der Waals surface area contributed by atoms with Gasteiger partial charge in [-0.25, -0.2) is 4.98 Å². The summed E-state index contributed by atoms with van der Waals surface area (Å²) in [7, 11) is 0. The van der Waals surface area contributed by atoms with Crippen LogP contribution in [-0.4, -0.2) is 34.3 Å². The molecule has 0 saturated carbocycles. The minimum atomic E-state index is -0.825. The van der Waals surface area contributed by atoms with Gasteiger partial charge in [0.2, 0.25) is 5.91 Å². The topological polar surface area (TPSA) is 114 Å². The summed E-state index contributed by atoms with van der Waals surface area (Å²) in [5, 5.41) is 15.7. The Morgan fingerprint density at radius 1 is 1.55 bits per heavy atom. The molecule has 1 rings (SSSR count). The third-order valence-corrected chi connectivity index (χ3v) is 2.59. The van der Waals surface area contributed by atoms with E-state index >= 15 is 0 Å². The summed E-state index contributed by atoms with van der Waals surface area (Å²) >= 11 is 5.62. The summed E-state index contributed by atoms with van der Waals surface area (Å²) < 4.78 is 0. The number of halogens is 1. The van der Waals surface area contributed by atoms with Gasteiger partial charge < -0.3 is 10.6 Å². The third-order valence-electron chi connectivity index (χ3n) is 2.38. The lowest BCUT2D eigenvalue weighted by atomic mass is 10.2. The number of aromatic nitrogens is 1. The largest absolute Gasteiger partial charge is 0.355 e. The Kier molecular flexibility index (Phi) is 5.39. The van der Waals surface area contributed by atoms with Gasteiger partial charge in [-0.1, -0.05) is 11.6 Å². The van der Waals surface area contributed by atoms with Gasteiger partial charge in [0.05, 0.1) is 4.92 Å². The van der Waals surface area contributed by atoms with Crippen molar-refractivity contribution < 1.29 is 14.5 Å². The number of pyridine rings is 1. The number of nitro groups is 1. The number of carbonyl (C=O) groups excluding carboxylic acids is 2.